The molecular formula is C14H15F2NOS2. The van der Waals surface area contributed by atoms with Crippen molar-refractivity contribution >= 4 is 34.2 Å². The molecule has 6 heteroatoms. The van der Waals surface area contributed by atoms with Gasteiger partial charge in [-0.25, -0.2) is 8.78 Å². The van der Waals surface area contributed by atoms with E-state index in [0.717, 1.165) is 17.9 Å². The molecule has 2 rings (SSSR count). The number of thiocarbonyl (C=S) groups is 1. The SMILES string of the molecule is CC(C)[C@H]1CSC(=S)N1C(=O)Cc1ccc(F)cc1F. The average molecular weight is 315 g/mol. The highest BCUT2D eigenvalue weighted by molar-refractivity contribution is 8.23. The highest BCUT2D eigenvalue weighted by Gasteiger charge is 2.35. The number of carbonyl (C=O) groups is 1. The first-order chi connectivity index (χ1) is 9.40. The highest BCUT2D eigenvalue weighted by atomic mass is 32.2. The maximum atomic E-state index is 13.6. The van der Waals surface area contributed by atoms with Crippen molar-refractivity contribution in [3.05, 3.63) is 35.4 Å². The number of halogens is 2. The average Bonchev–Trinajstić information content (AvgIpc) is 2.75. The summed E-state index contributed by atoms with van der Waals surface area (Å²) >= 11 is 6.67. The van der Waals surface area contributed by atoms with E-state index in [0.29, 0.717) is 4.32 Å². The molecule has 1 aliphatic rings. The molecule has 1 aromatic rings. The third-order valence-electron chi connectivity index (χ3n) is 3.30. The van der Waals surface area contributed by atoms with Crippen molar-refractivity contribution in [2.75, 3.05) is 5.75 Å². The van der Waals surface area contributed by atoms with Crippen molar-refractivity contribution in [3.63, 3.8) is 0 Å². The molecule has 1 saturated heterocycles. The van der Waals surface area contributed by atoms with Gasteiger partial charge < -0.3 is 0 Å². The molecule has 0 aliphatic carbocycles. The summed E-state index contributed by atoms with van der Waals surface area (Å²) in [6.45, 7) is 4.05. The molecule has 1 aromatic carbocycles. The van der Waals surface area contributed by atoms with Gasteiger partial charge in [-0.3, -0.25) is 9.69 Å². The fourth-order valence-corrected chi connectivity index (χ4v) is 3.79. The molecule has 1 heterocycles. The summed E-state index contributed by atoms with van der Waals surface area (Å²) in [6.07, 6.45) is -0.101. The first-order valence-electron chi connectivity index (χ1n) is 6.33. The number of thioether (sulfide) groups is 1. The van der Waals surface area contributed by atoms with Crippen molar-refractivity contribution in [1.29, 1.82) is 0 Å². The monoisotopic (exact) mass is 315 g/mol. The highest BCUT2D eigenvalue weighted by Crippen LogP contribution is 2.29. The van der Waals surface area contributed by atoms with Gasteiger partial charge in [0.05, 0.1) is 6.42 Å². The Morgan fingerprint density at radius 1 is 1.50 bits per heavy atom. The topological polar surface area (TPSA) is 20.3 Å². The molecule has 0 unspecified atom stereocenters. The lowest BCUT2D eigenvalue weighted by atomic mass is 10.0. The number of amides is 1. The summed E-state index contributed by atoms with van der Waals surface area (Å²) in [5.41, 5.74) is 0.193. The second-order valence-corrected chi connectivity index (χ2v) is 6.72. The fraction of sp³-hybridized carbons (Fsp3) is 0.429. The third-order valence-corrected chi connectivity index (χ3v) is 4.80. The van der Waals surface area contributed by atoms with Crippen LogP contribution in [0.2, 0.25) is 0 Å². The molecule has 1 fully saturated rings. The van der Waals surface area contributed by atoms with Gasteiger partial charge in [0.15, 0.2) is 0 Å². The molecule has 20 heavy (non-hydrogen) atoms. The van der Waals surface area contributed by atoms with Crippen LogP contribution < -0.4 is 0 Å². The van der Waals surface area contributed by atoms with E-state index in [1.54, 1.807) is 4.90 Å². The van der Waals surface area contributed by atoms with Crippen molar-refractivity contribution in [2.45, 2.75) is 26.3 Å². The lowest BCUT2D eigenvalue weighted by Gasteiger charge is -2.26. The number of rotatable bonds is 3. The minimum atomic E-state index is -0.697. The van der Waals surface area contributed by atoms with Gasteiger partial charge in [-0.1, -0.05) is 43.9 Å². The van der Waals surface area contributed by atoms with E-state index in [1.165, 1.54) is 17.8 Å². The largest absolute Gasteiger partial charge is 0.293 e. The van der Waals surface area contributed by atoms with E-state index in [4.69, 9.17) is 12.2 Å². The van der Waals surface area contributed by atoms with Gasteiger partial charge >= 0.3 is 0 Å². The van der Waals surface area contributed by atoms with Gasteiger partial charge in [0.25, 0.3) is 0 Å². The summed E-state index contributed by atoms with van der Waals surface area (Å²) < 4.78 is 27.0. The first kappa shape index (κ1) is 15.4. The second-order valence-electron chi connectivity index (χ2n) is 5.06. The smallest absolute Gasteiger partial charge is 0.232 e. The van der Waals surface area contributed by atoms with Gasteiger partial charge in [0.2, 0.25) is 5.91 Å². The van der Waals surface area contributed by atoms with Crippen LogP contribution in [0, 0.1) is 17.6 Å². The second kappa shape index (κ2) is 6.18. The summed E-state index contributed by atoms with van der Waals surface area (Å²) in [6, 6.07) is 3.30. The first-order valence-corrected chi connectivity index (χ1v) is 7.72. The molecule has 1 amide bonds. The van der Waals surface area contributed by atoms with Crippen molar-refractivity contribution in [2.24, 2.45) is 5.92 Å². The van der Waals surface area contributed by atoms with Crippen LogP contribution in [-0.4, -0.2) is 26.9 Å². The maximum Gasteiger partial charge on any atom is 0.232 e. The molecule has 0 spiro atoms. The Balaban J connectivity index is 2.16. The molecular weight excluding hydrogens is 300 g/mol. The number of hydrogen-bond donors (Lipinski definition) is 0. The lowest BCUT2D eigenvalue weighted by molar-refractivity contribution is -0.128. The Kier molecular flexibility index (Phi) is 4.75. The van der Waals surface area contributed by atoms with Crippen LogP contribution >= 0.6 is 24.0 Å². The van der Waals surface area contributed by atoms with E-state index in [2.05, 4.69) is 0 Å². The third kappa shape index (κ3) is 3.17. The van der Waals surface area contributed by atoms with Gasteiger partial charge in [-0.05, 0) is 17.5 Å². The van der Waals surface area contributed by atoms with E-state index < -0.39 is 11.6 Å². The van der Waals surface area contributed by atoms with Crippen LogP contribution in [0.15, 0.2) is 18.2 Å². The Bertz CT molecular complexity index is 548. The number of hydrogen-bond acceptors (Lipinski definition) is 3. The summed E-state index contributed by atoms with van der Waals surface area (Å²) in [7, 11) is 0. The predicted molar refractivity (Wildman–Crippen MR) is 80.6 cm³/mol. The van der Waals surface area contributed by atoms with Crippen LogP contribution in [-0.2, 0) is 11.2 Å². The zero-order chi connectivity index (χ0) is 14.9. The number of nitrogens with zero attached hydrogens (tertiary/aromatic N) is 1. The van der Waals surface area contributed by atoms with Crippen LogP contribution in [0.3, 0.4) is 0 Å². The van der Waals surface area contributed by atoms with Gasteiger partial charge in [0, 0.05) is 17.9 Å². The predicted octanol–water partition coefficient (Wildman–Crippen LogP) is 3.39. The van der Waals surface area contributed by atoms with Crippen LogP contribution in [0.4, 0.5) is 8.78 Å². The summed E-state index contributed by atoms with van der Waals surface area (Å²) in [5.74, 6) is -0.522. The fourth-order valence-electron chi connectivity index (χ4n) is 2.13. The Morgan fingerprint density at radius 3 is 2.80 bits per heavy atom. The molecule has 0 radical (unpaired) electrons. The van der Waals surface area contributed by atoms with Crippen LogP contribution in [0.1, 0.15) is 19.4 Å². The van der Waals surface area contributed by atoms with Crippen molar-refractivity contribution < 1.29 is 13.6 Å². The van der Waals surface area contributed by atoms with E-state index in [-0.39, 0.29) is 29.9 Å². The quantitative estimate of drug-likeness (QED) is 0.798. The van der Waals surface area contributed by atoms with E-state index >= 15 is 0 Å². The lowest BCUT2D eigenvalue weighted by Crippen LogP contribution is -2.42. The normalized spacial score (nSPS) is 18.9. The molecule has 1 atom stereocenters. The van der Waals surface area contributed by atoms with Crippen LogP contribution in [0.5, 0.6) is 0 Å². The van der Waals surface area contributed by atoms with E-state index in [1.807, 2.05) is 13.8 Å². The molecule has 0 saturated carbocycles. The minimum absolute atomic E-state index is 0.0449. The number of benzene rings is 1. The molecule has 1 aliphatic heterocycles. The van der Waals surface area contributed by atoms with Crippen molar-refractivity contribution in [3.8, 4) is 0 Å². The minimum Gasteiger partial charge on any atom is -0.293 e. The molecule has 108 valence electrons. The Morgan fingerprint density at radius 2 is 2.20 bits per heavy atom. The Labute approximate surface area is 126 Å². The summed E-state index contributed by atoms with van der Waals surface area (Å²) in [5, 5.41) is 0. The van der Waals surface area contributed by atoms with Crippen molar-refractivity contribution in [1.82, 2.24) is 4.90 Å². The molecule has 0 aromatic heterocycles. The zero-order valence-electron chi connectivity index (χ0n) is 11.2. The van der Waals surface area contributed by atoms with Gasteiger partial charge in [0.1, 0.15) is 16.0 Å². The van der Waals surface area contributed by atoms with Gasteiger partial charge in [-0.15, -0.1) is 0 Å². The van der Waals surface area contributed by atoms with E-state index in [9.17, 15) is 13.6 Å². The van der Waals surface area contributed by atoms with Crippen LogP contribution in [0.25, 0.3) is 0 Å². The molecule has 0 N–H and O–H groups in total. The number of carbonyl (C=O) groups excluding carboxylic acids is 1. The maximum absolute atomic E-state index is 13.6. The zero-order valence-corrected chi connectivity index (χ0v) is 12.9. The Hall–Kier alpha value is -1.01. The summed E-state index contributed by atoms with van der Waals surface area (Å²) in [4.78, 5) is 13.9. The van der Waals surface area contributed by atoms with Gasteiger partial charge in [-0.2, -0.15) is 0 Å². The standard InChI is InChI=1S/C14H15F2NOS2/c1-8(2)12-7-20-14(19)17(12)13(18)5-9-3-4-10(15)6-11(9)16/h3-4,6,8,12H,5,7H2,1-2H3/t12-/m1/s1. The molecule has 2 nitrogen and oxygen atoms in total. The molecule has 0 bridgehead atoms.